The van der Waals surface area contributed by atoms with Gasteiger partial charge in [-0.15, -0.1) is 0 Å². The third kappa shape index (κ3) is 54.1. The number of unbranched alkanes of at least 4 members (excludes halogenated alkanes) is 29. The van der Waals surface area contributed by atoms with Crippen LogP contribution in [-0.2, 0) is 4.79 Å². The van der Waals surface area contributed by atoms with E-state index in [0.29, 0.717) is 13.0 Å². The third-order valence-electron chi connectivity index (χ3n) is 8.01. The molecule has 0 aromatic carbocycles. The van der Waals surface area contributed by atoms with Crippen LogP contribution in [0.15, 0.2) is 0 Å². The van der Waals surface area contributed by atoms with Crippen LogP contribution in [0.5, 0.6) is 0 Å². The topological polar surface area (TPSA) is 57.5 Å². The van der Waals surface area contributed by atoms with E-state index >= 15 is 0 Å². The number of aliphatic hydroxyl groups excluding tert-OH is 1. The Bertz CT molecular complexity index is 437. The van der Waals surface area contributed by atoms with Gasteiger partial charge in [-0.25, -0.2) is 0 Å². The molecule has 0 aromatic heterocycles. The molecule has 0 atom stereocenters. The SMILES string of the molecule is CCCCCCCCCCCCCCCCCC(=O)O.CCCCCCCCCCCCCCCCCCO.[H-].[H-].[H-].[Mg+2].[Na+]. The van der Waals surface area contributed by atoms with Gasteiger partial charge in [-0.05, 0) is 12.8 Å². The van der Waals surface area contributed by atoms with Crippen molar-refractivity contribution in [3.05, 3.63) is 0 Å². The molecule has 0 aliphatic rings. The van der Waals surface area contributed by atoms with E-state index in [9.17, 15) is 4.79 Å². The van der Waals surface area contributed by atoms with Gasteiger partial charge in [0.2, 0.25) is 0 Å². The van der Waals surface area contributed by atoms with Gasteiger partial charge in [-0.3, -0.25) is 4.79 Å². The number of carboxylic acids is 1. The predicted molar refractivity (Wildman–Crippen MR) is 183 cm³/mol. The summed E-state index contributed by atoms with van der Waals surface area (Å²) >= 11 is 0. The van der Waals surface area contributed by atoms with Crippen LogP contribution in [0.4, 0.5) is 0 Å². The summed E-state index contributed by atoms with van der Waals surface area (Å²) in [5.41, 5.74) is 0. The maximum Gasteiger partial charge on any atom is 2.00 e. The van der Waals surface area contributed by atoms with Crippen molar-refractivity contribution in [3.63, 3.8) is 0 Å². The summed E-state index contributed by atoms with van der Waals surface area (Å²) < 4.78 is 0. The fourth-order valence-corrected chi connectivity index (χ4v) is 5.31. The van der Waals surface area contributed by atoms with E-state index in [0.717, 1.165) is 19.3 Å². The quantitative estimate of drug-likeness (QED) is 0.0594. The summed E-state index contributed by atoms with van der Waals surface area (Å²) in [7, 11) is 0. The van der Waals surface area contributed by atoms with Gasteiger partial charge in [0.05, 0.1) is 0 Å². The largest absolute Gasteiger partial charge is 2.00 e. The zero-order valence-corrected chi connectivity index (χ0v) is 32.3. The van der Waals surface area contributed by atoms with Gasteiger partial charge in [0.1, 0.15) is 0 Å². The molecule has 0 spiro atoms. The van der Waals surface area contributed by atoms with Gasteiger partial charge in [0, 0.05) is 13.0 Å². The van der Waals surface area contributed by atoms with E-state index in [1.807, 2.05) is 0 Å². The first-order valence-corrected chi connectivity index (χ1v) is 18.0. The van der Waals surface area contributed by atoms with Crippen LogP contribution in [0.3, 0.4) is 0 Å². The van der Waals surface area contributed by atoms with Crippen LogP contribution in [-0.4, -0.2) is 45.8 Å². The fourth-order valence-electron chi connectivity index (χ4n) is 5.31. The van der Waals surface area contributed by atoms with Gasteiger partial charge in [-0.2, -0.15) is 0 Å². The van der Waals surface area contributed by atoms with Crippen molar-refractivity contribution in [2.45, 2.75) is 219 Å². The Kier molecular flexibility index (Phi) is 57.6. The Morgan fingerprint density at radius 1 is 0.415 bits per heavy atom. The zero-order valence-electron chi connectivity index (χ0n) is 31.8. The van der Waals surface area contributed by atoms with Crippen molar-refractivity contribution in [2.75, 3.05) is 6.61 Å². The molecule has 242 valence electrons. The molecular formula is C36H77MgNaO3. The molecular weight excluding hydrogens is 528 g/mol. The molecule has 0 aliphatic carbocycles. The fraction of sp³-hybridized carbons (Fsp3) is 0.972. The van der Waals surface area contributed by atoms with E-state index in [1.165, 1.54) is 180 Å². The summed E-state index contributed by atoms with van der Waals surface area (Å²) in [5.74, 6) is -0.653. The van der Waals surface area contributed by atoms with Gasteiger partial charge >= 0.3 is 58.6 Å². The molecule has 0 amide bonds. The normalized spacial score (nSPS) is 10.4. The summed E-state index contributed by atoms with van der Waals surface area (Å²) in [5, 5.41) is 17.2. The van der Waals surface area contributed by atoms with Gasteiger partial charge in [0.15, 0.2) is 0 Å². The monoisotopic (exact) mass is 605 g/mol. The number of hydrogen-bond acceptors (Lipinski definition) is 2. The number of aliphatic carboxylic acids is 1. The van der Waals surface area contributed by atoms with Crippen LogP contribution < -0.4 is 29.6 Å². The van der Waals surface area contributed by atoms with Crippen LogP contribution in [0, 0.1) is 0 Å². The molecule has 0 bridgehead atoms. The Hall–Kier alpha value is 1.20. The van der Waals surface area contributed by atoms with Crippen LogP contribution in [0.1, 0.15) is 224 Å². The number of carboxylic acid groups (broad SMARTS) is 1. The van der Waals surface area contributed by atoms with Crippen molar-refractivity contribution in [3.8, 4) is 0 Å². The van der Waals surface area contributed by atoms with E-state index in [4.69, 9.17) is 10.2 Å². The average Bonchev–Trinajstić information content (AvgIpc) is 2.93. The van der Waals surface area contributed by atoms with Crippen molar-refractivity contribution < 1.29 is 48.8 Å². The molecule has 41 heavy (non-hydrogen) atoms. The smallest absolute Gasteiger partial charge is 1.00 e. The van der Waals surface area contributed by atoms with E-state index in [2.05, 4.69) is 13.8 Å². The van der Waals surface area contributed by atoms with Gasteiger partial charge in [0.25, 0.3) is 0 Å². The van der Waals surface area contributed by atoms with E-state index in [1.54, 1.807) is 0 Å². The first-order valence-electron chi connectivity index (χ1n) is 18.0. The summed E-state index contributed by atoms with van der Waals surface area (Å²) in [4.78, 5) is 10.3. The Morgan fingerprint density at radius 2 is 0.610 bits per heavy atom. The summed E-state index contributed by atoms with van der Waals surface area (Å²) in [6.45, 7) is 4.93. The van der Waals surface area contributed by atoms with Crippen molar-refractivity contribution in [1.29, 1.82) is 0 Å². The molecule has 0 rings (SSSR count). The third-order valence-corrected chi connectivity index (χ3v) is 8.01. The second-order valence-electron chi connectivity index (χ2n) is 12.1. The first kappa shape index (κ1) is 49.1. The van der Waals surface area contributed by atoms with Gasteiger partial charge in [-0.1, -0.05) is 200 Å². The minimum atomic E-state index is -0.653. The molecule has 5 heteroatoms. The number of aliphatic hydroxyl groups is 1. The summed E-state index contributed by atoms with van der Waals surface area (Å²) in [6, 6.07) is 0. The second-order valence-corrected chi connectivity index (χ2v) is 12.1. The second kappa shape index (κ2) is 48.1. The Morgan fingerprint density at radius 3 is 0.805 bits per heavy atom. The van der Waals surface area contributed by atoms with E-state index < -0.39 is 5.97 Å². The molecule has 0 aliphatic heterocycles. The molecule has 0 saturated carbocycles. The average molecular weight is 605 g/mol. The molecule has 3 nitrogen and oxygen atoms in total. The zero-order chi connectivity index (χ0) is 28.9. The first-order chi connectivity index (χ1) is 19.2. The van der Waals surface area contributed by atoms with Crippen molar-refractivity contribution >= 4 is 29.0 Å². The molecule has 0 heterocycles. The van der Waals surface area contributed by atoms with Crippen LogP contribution >= 0.6 is 0 Å². The maximum absolute atomic E-state index is 10.3. The minimum Gasteiger partial charge on any atom is -1.00 e. The van der Waals surface area contributed by atoms with Crippen molar-refractivity contribution in [1.82, 2.24) is 0 Å². The maximum atomic E-state index is 10.3. The molecule has 0 unspecified atom stereocenters. The van der Waals surface area contributed by atoms with Gasteiger partial charge < -0.3 is 14.5 Å². The summed E-state index contributed by atoms with van der Waals surface area (Å²) in [6.07, 6.45) is 42.4. The number of rotatable bonds is 32. The Balaban J connectivity index is -0.000000112. The van der Waals surface area contributed by atoms with Crippen molar-refractivity contribution in [2.24, 2.45) is 0 Å². The Labute approximate surface area is 301 Å². The van der Waals surface area contributed by atoms with E-state index in [-0.39, 0.29) is 56.9 Å². The predicted octanol–water partition coefficient (Wildman–Crippen LogP) is 9.53. The molecule has 0 saturated heterocycles. The standard InChI is InChI=1S/C18H36O2.C18H38O.Mg.Na.3H/c1-2-3-4-5-6-7-8-9-10-11-12-13-14-15-16-17-18(19)20;1-2-3-4-5-6-7-8-9-10-11-12-13-14-15-16-17-18-19;;;;;/h2-17H2,1H3,(H,19,20);19H,2-18H2,1H3;;;;;/q;;+2;+1;3*-1. The molecule has 0 radical (unpaired) electrons. The minimum absolute atomic E-state index is 0. The van der Waals surface area contributed by atoms with Crippen LogP contribution in [0.2, 0.25) is 0 Å². The number of hydrogen-bond donors (Lipinski definition) is 2. The number of carbonyl (C=O) groups is 1. The van der Waals surface area contributed by atoms with Crippen LogP contribution in [0.25, 0.3) is 0 Å². The molecule has 2 N–H and O–H groups in total. The molecule has 0 aromatic rings. The molecule has 0 fully saturated rings.